The van der Waals surface area contributed by atoms with Crippen molar-refractivity contribution in [3.8, 4) is 5.75 Å². The Labute approximate surface area is 92.2 Å². The van der Waals surface area contributed by atoms with Crippen LogP contribution in [0, 0.1) is 17.0 Å². The zero-order valence-corrected chi connectivity index (χ0v) is 9.02. The standard InChI is InChI=1S/C10H12N2O4/c1-6-3-8(12(14)15)9(16-2)4-7(6)5-10(11)13/h3-4H,5H2,1-2H3,(H2,11,13). The number of nitro groups is 1. The van der Waals surface area contributed by atoms with E-state index in [1.807, 2.05) is 0 Å². The molecule has 6 heteroatoms. The van der Waals surface area contributed by atoms with Crippen molar-refractivity contribution in [1.29, 1.82) is 0 Å². The molecule has 0 spiro atoms. The average molecular weight is 224 g/mol. The molecule has 0 saturated heterocycles. The van der Waals surface area contributed by atoms with Gasteiger partial charge in [0.15, 0.2) is 5.75 Å². The lowest BCUT2D eigenvalue weighted by atomic mass is 10.0. The molecule has 1 aromatic rings. The molecule has 2 N–H and O–H groups in total. The monoisotopic (exact) mass is 224 g/mol. The molecule has 0 bridgehead atoms. The second-order valence-corrected chi connectivity index (χ2v) is 3.35. The Kier molecular flexibility index (Phi) is 3.44. The minimum Gasteiger partial charge on any atom is -0.490 e. The maximum Gasteiger partial charge on any atom is 0.311 e. The quantitative estimate of drug-likeness (QED) is 0.608. The summed E-state index contributed by atoms with van der Waals surface area (Å²) in [6.45, 7) is 1.69. The minimum atomic E-state index is -0.528. The van der Waals surface area contributed by atoms with E-state index in [1.54, 1.807) is 6.92 Å². The van der Waals surface area contributed by atoms with Crippen LogP contribution in [0.5, 0.6) is 5.75 Å². The van der Waals surface area contributed by atoms with Gasteiger partial charge in [-0.25, -0.2) is 0 Å². The molecule has 86 valence electrons. The molecule has 0 fully saturated rings. The number of nitrogens with zero attached hydrogens (tertiary/aromatic N) is 1. The first-order valence-corrected chi connectivity index (χ1v) is 4.56. The van der Waals surface area contributed by atoms with Gasteiger partial charge in [-0.15, -0.1) is 0 Å². The molecule has 6 nitrogen and oxygen atoms in total. The smallest absolute Gasteiger partial charge is 0.311 e. The number of rotatable bonds is 4. The predicted octanol–water partition coefficient (Wildman–Crippen LogP) is 0.940. The number of hydrogen-bond donors (Lipinski definition) is 1. The summed E-state index contributed by atoms with van der Waals surface area (Å²) >= 11 is 0. The number of nitrogens with two attached hydrogens (primary N) is 1. The zero-order chi connectivity index (χ0) is 12.3. The zero-order valence-electron chi connectivity index (χ0n) is 9.02. The summed E-state index contributed by atoms with van der Waals surface area (Å²) in [5.74, 6) is -0.356. The van der Waals surface area contributed by atoms with Crippen LogP contribution >= 0.6 is 0 Å². The van der Waals surface area contributed by atoms with Crippen molar-refractivity contribution < 1.29 is 14.5 Å². The highest BCUT2D eigenvalue weighted by molar-refractivity contribution is 5.77. The average Bonchev–Trinajstić information content (AvgIpc) is 2.19. The Morgan fingerprint density at radius 3 is 2.62 bits per heavy atom. The van der Waals surface area contributed by atoms with E-state index >= 15 is 0 Å². The van der Waals surface area contributed by atoms with E-state index in [2.05, 4.69) is 0 Å². The summed E-state index contributed by atoms with van der Waals surface area (Å²) in [5.41, 5.74) is 6.23. The lowest BCUT2D eigenvalue weighted by molar-refractivity contribution is -0.385. The first-order chi connectivity index (χ1) is 7.45. The number of carbonyl (C=O) groups excluding carboxylic acids is 1. The summed E-state index contributed by atoms with van der Waals surface area (Å²) in [4.78, 5) is 21.0. The normalized spacial score (nSPS) is 9.88. The largest absolute Gasteiger partial charge is 0.490 e. The fraction of sp³-hybridized carbons (Fsp3) is 0.300. The summed E-state index contributed by atoms with van der Waals surface area (Å²) in [7, 11) is 1.34. The van der Waals surface area contributed by atoms with Gasteiger partial charge >= 0.3 is 5.69 Å². The first kappa shape index (κ1) is 12.0. The van der Waals surface area contributed by atoms with Crippen LogP contribution in [0.15, 0.2) is 12.1 Å². The van der Waals surface area contributed by atoms with E-state index in [0.717, 1.165) is 0 Å². The molecule has 1 amide bonds. The van der Waals surface area contributed by atoms with E-state index in [4.69, 9.17) is 10.5 Å². The van der Waals surface area contributed by atoms with Crippen LogP contribution in [-0.2, 0) is 11.2 Å². The molecule has 16 heavy (non-hydrogen) atoms. The van der Waals surface area contributed by atoms with Gasteiger partial charge < -0.3 is 10.5 Å². The van der Waals surface area contributed by atoms with Crippen molar-refractivity contribution in [2.45, 2.75) is 13.3 Å². The molecule has 1 aromatic carbocycles. The van der Waals surface area contributed by atoms with Crippen LogP contribution in [0.25, 0.3) is 0 Å². The summed E-state index contributed by atoms with van der Waals surface area (Å²) in [6.07, 6.45) is 0.0419. The molecule has 0 unspecified atom stereocenters. The van der Waals surface area contributed by atoms with Crippen LogP contribution in [0.2, 0.25) is 0 Å². The van der Waals surface area contributed by atoms with E-state index in [0.29, 0.717) is 11.1 Å². The van der Waals surface area contributed by atoms with Crippen molar-refractivity contribution in [2.24, 2.45) is 5.73 Å². The highest BCUT2D eigenvalue weighted by Gasteiger charge is 2.17. The molecular formula is C10H12N2O4. The minimum absolute atomic E-state index is 0.0419. The number of nitro benzene ring substituents is 1. The van der Waals surface area contributed by atoms with E-state index < -0.39 is 10.8 Å². The molecule has 0 radical (unpaired) electrons. The molecule has 0 aliphatic carbocycles. The topological polar surface area (TPSA) is 95.5 Å². The number of methoxy groups -OCH3 is 1. The molecule has 0 heterocycles. The molecule has 0 aromatic heterocycles. The number of benzene rings is 1. The lowest BCUT2D eigenvalue weighted by Gasteiger charge is -2.07. The van der Waals surface area contributed by atoms with Crippen LogP contribution in [0.4, 0.5) is 5.69 Å². The predicted molar refractivity (Wildman–Crippen MR) is 57.3 cm³/mol. The molecular weight excluding hydrogens is 212 g/mol. The lowest BCUT2D eigenvalue weighted by Crippen LogP contribution is -2.14. The summed E-state index contributed by atoms with van der Waals surface area (Å²) in [6, 6.07) is 2.84. The SMILES string of the molecule is COc1cc(CC(N)=O)c(C)cc1[N+](=O)[O-]. The van der Waals surface area contributed by atoms with Crippen LogP contribution in [0.3, 0.4) is 0 Å². The van der Waals surface area contributed by atoms with Gasteiger partial charge in [-0.3, -0.25) is 14.9 Å². The van der Waals surface area contributed by atoms with E-state index in [1.165, 1.54) is 19.2 Å². The number of ether oxygens (including phenoxy) is 1. The van der Waals surface area contributed by atoms with Gasteiger partial charge in [-0.05, 0) is 24.1 Å². The molecule has 0 atom stereocenters. The van der Waals surface area contributed by atoms with Crippen molar-refractivity contribution >= 4 is 11.6 Å². The number of aryl methyl sites for hydroxylation is 1. The number of primary amides is 1. The molecule has 1 rings (SSSR count). The maximum atomic E-state index is 10.8. The van der Waals surface area contributed by atoms with Gasteiger partial charge in [-0.2, -0.15) is 0 Å². The Hall–Kier alpha value is -2.11. The molecule has 0 aliphatic rings. The van der Waals surface area contributed by atoms with Gasteiger partial charge in [0.05, 0.1) is 18.5 Å². The number of carbonyl (C=O) groups is 1. The third-order valence-corrected chi connectivity index (χ3v) is 2.20. The van der Waals surface area contributed by atoms with Gasteiger partial charge in [-0.1, -0.05) is 0 Å². The first-order valence-electron chi connectivity index (χ1n) is 4.56. The van der Waals surface area contributed by atoms with Crippen LogP contribution in [0.1, 0.15) is 11.1 Å². The fourth-order valence-electron chi connectivity index (χ4n) is 1.40. The Morgan fingerprint density at radius 2 is 2.19 bits per heavy atom. The van der Waals surface area contributed by atoms with Crippen LogP contribution < -0.4 is 10.5 Å². The third-order valence-electron chi connectivity index (χ3n) is 2.20. The number of amides is 1. The second-order valence-electron chi connectivity index (χ2n) is 3.35. The molecule has 0 aliphatic heterocycles. The van der Waals surface area contributed by atoms with Gasteiger partial charge in [0.25, 0.3) is 0 Å². The summed E-state index contributed by atoms with van der Waals surface area (Å²) in [5, 5.41) is 10.7. The third kappa shape index (κ3) is 2.47. The van der Waals surface area contributed by atoms with Gasteiger partial charge in [0, 0.05) is 6.07 Å². The Balaban J connectivity index is 3.25. The second kappa shape index (κ2) is 4.61. The van der Waals surface area contributed by atoms with E-state index in [9.17, 15) is 14.9 Å². The van der Waals surface area contributed by atoms with E-state index in [-0.39, 0.29) is 17.9 Å². The van der Waals surface area contributed by atoms with Gasteiger partial charge in [0.1, 0.15) is 0 Å². The van der Waals surface area contributed by atoms with Gasteiger partial charge in [0.2, 0.25) is 5.91 Å². The van der Waals surface area contributed by atoms with Crippen molar-refractivity contribution in [3.05, 3.63) is 33.4 Å². The Bertz CT molecular complexity index is 443. The highest BCUT2D eigenvalue weighted by atomic mass is 16.6. The maximum absolute atomic E-state index is 10.8. The molecule has 0 saturated carbocycles. The highest BCUT2D eigenvalue weighted by Crippen LogP contribution is 2.30. The van der Waals surface area contributed by atoms with Crippen molar-refractivity contribution in [2.75, 3.05) is 7.11 Å². The van der Waals surface area contributed by atoms with Crippen molar-refractivity contribution in [3.63, 3.8) is 0 Å². The fourth-order valence-corrected chi connectivity index (χ4v) is 1.40. The Morgan fingerprint density at radius 1 is 1.56 bits per heavy atom. The van der Waals surface area contributed by atoms with Crippen molar-refractivity contribution in [1.82, 2.24) is 0 Å². The number of hydrogen-bond acceptors (Lipinski definition) is 4. The summed E-state index contributed by atoms with van der Waals surface area (Å²) < 4.78 is 4.89. The van der Waals surface area contributed by atoms with Crippen LogP contribution in [-0.4, -0.2) is 17.9 Å².